The van der Waals surface area contributed by atoms with Crippen LogP contribution >= 0.6 is 0 Å². The molecule has 5 nitrogen and oxygen atoms in total. The summed E-state index contributed by atoms with van der Waals surface area (Å²) in [4.78, 5) is 15.3. The van der Waals surface area contributed by atoms with Gasteiger partial charge in [-0.3, -0.25) is 0 Å². The van der Waals surface area contributed by atoms with Crippen molar-refractivity contribution in [1.29, 1.82) is 0 Å². The van der Waals surface area contributed by atoms with Gasteiger partial charge in [-0.2, -0.15) is 0 Å². The number of hydrogen-bond acceptors (Lipinski definition) is 4. The van der Waals surface area contributed by atoms with Crippen molar-refractivity contribution in [3.05, 3.63) is 36.0 Å². The van der Waals surface area contributed by atoms with Gasteiger partial charge in [0.25, 0.3) is 0 Å². The third-order valence-electron chi connectivity index (χ3n) is 3.54. The van der Waals surface area contributed by atoms with E-state index in [4.69, 9.17) is 9.84 Å². The lowest BCUT2D eigenvalue weighted by atomic mass is 10.1. The molecule has 0 bridgehead atoms. The zero-order valence-electron chi connectivity index (χ0n) is 11.0. The van der Waals surface area contributed by atoms with Crippen LogP contribution in [0.1, 0.15) is 23.2 Å². The van der Waals surface area contributed by atoms with Gasteiger partial charge < -0.3 is 15.2 Å². The van der Waals surface area contributed by atoms with Gasteiger partial charge in [0, 0.05) is 11.6 Å². The number of nitrogens with one attached hydrogen (secondary N) is 1. The molecular formula is C15H16N2O3. The largest absolute Gasteiger partial charge is 0.478 e. The van der Waals surface area contributed by atoms with Crippen LogP contribution in [-0.2, 0) is 0 Å². The van der Waals surface area contributed by atoms with E-state index in [0.717, 1.165) is 36.7 Å². The first-order valence-electron chi connectivity index (χ1n) is 6.73. The summed E-state index contributed by atoms with van der Waals surface area (Å²) in [5, 5.41) is 14.1. The van der Waals surface area contributed by atoms with E-state index in [0.29, 0.717) is 5.88 Å². The molecule has 0 spiro atoms. The maximum absolute atomic E-state index is 11.1. The summed E-state index contributed by atoms with van der Waals surface area (Å²) in [6.45, 7) is 1.88. The van der Waals surface area contributed by atoms with Crippen LogP contribution in [0.5, 0.6) is 5.88 Å². The van der Waals surface area contributed by atoms with E-state index in [1.165, 1.54) is 0 Å². The molecule has 0 aliphatic carbocycles. The predicted octanol–water partition coefficient (Wildman–Crippen LogP) is 2.06. The fourth-order valence-electron chi connectivity index (χ4n) is 2.44. The first kappa shape index (κ1) is 12.9. The Morgan fingerprint density at radius 1 is 1.30 bits per heavy atom. The highest BCUT2D eigenvalue weighted by Gasteiger charge is 2.17. The molecule has 0 radical (unpaired) electrons. The van der Waals surface area contributed by atoms with Gasteiger partial charge in [-0.15, -0.1) is 0 Å². The normalized spacial score (nSPS) is 16.2. The van der Waals surface area contributed by atoms with E-state index in [-0.39, 0.29) is 11.7 Å². The van der Waals surface area contributed by atoms with E-state index in [1.807, 2.05) is 6.07 Å². The monoisotopic (exact) mass is 272 g/mol. The Morgan fingerprint density at radius 3 is 2.85 bits per heavy atom. The molecule has 3 rings (SSSR count). The Kier molecular flexibility index (Phi) is 3.52. The predicted molar refractivity (Wildman–Crippen MR) is 75.2 cm³/mol. The lowest BCUT2D eigenvalue weighted by Crippen LogP contribution is -2.34. The third-order valence-corrected chi connectivity index (χ3v) is 3.54. The number of benzene rings is 1. The van der Waals surface area contributed by atoms with Gasteiger partial charge in [-0.1, -0.05) is 6.07 Å². The Bertz CT molecular complexity index is 636. The highest BCUT2D eigenvalue weighted by atomic mass is 16.5. The highest BCUT2D eigenvalue weighted by molar-refractivity contribution is 5.96. The van der Waals surface area contributed by atoms with Crippen LogP contribution in [0.2, 0.25) is 0 Å². The molecule has 1 fully saturated rings. The number of ether oxygens (including phenoxy) is 1. The number of hydrogen-bond donors (Lipinski definition) is 2. The first-order valence-corrected chi connectivity index (χ1v) is 6.73. The van der Waals surface area contributed by atoms with E-state index in [2.05, 4.69) is 10.3 Å². The van der Waals surface area contributed by atoms with Gasteiger partial charge in [-0.05, 0) is 49.5 Å². The van der Waals surface area contributed by atoms with Crippen molar-refractivity contribution in [3.8, 4) is 5.88 Å². The molecule has 2 heterocycles. The average molecular weight is 272 g/mol. The van der Waals surface area contributed by atoms with Crippen LogP contribution in [0.4, 0.5) is 0 Å². The van der Waals surface area contributed by atoms with E-state index >= 15 is 0 Å². The van der Waals surface area contributed by atoms with Crippen LogP contribution in [0.15, 0.2) is 30.5 Å². The number of nitrogens with zero attached hydrogens (tertiary/aromatic N) is 1. The van der Waals surface area contributed by atoms with Crippen LogP contribution in [0.3, 0.4) is 0 Å². The van der Waals surface area contributed by atoms with E-state index in [9.17, 15) is 4.79 Å². The molecular weight excluding hydrogens is 256 g/mol. The standard InChI is InChI=1S/C15H16N2O3/c18-15(19)11-2-1-10-3-8-17-14(13(10)9-11)20-12-4-6-16-7-5-12/h1-3,8-9,12,16H,4-7H2,(H,18,19). The number of aromatic nitrogens is 1. The van der Waals surface area contributed by atoms with Gasteiger partial charge in [-0.25, -0.2) is 9.78 Å². The molecule has 104 valence electrons. The molecule has 1 aliphatic rings. The summed E-state index contributed by atoms with van der Waals surface area (Å²) in [5.41, 5.74) is 0.251. The zero-order chi connectivity index (χ0) is 13.9. The molecule has 0 saturated carbocycles. The molecule has 1 saturated heterocycles. The average Bonchev–Trinajstić information content (AvgIpc) is 2.48. The molecule has 1 aromatic carbocycles. The third kappa shape index (κ3) is 2.58. The molecule has 2 N–H and O–H groups in total. The minimum absolute atomic E-state index is 0.142. The number of carboxylic acid groups (broad SMARTS) is 1. The number of fused-ring (bicyclic) bond motifs is 1. The Balaban J connectivity index is 1.96. The molecule has 0 unspecified atom stereocenters. The molecule has 0 atom stereocenters. The molecule has 5 heteroatoms. The number of pyridine rings is 1. The molecule has 2 aromatic rings. The van der Waals surface area contributed by atoms with Gasteiger partial charge in [0.1, 0.15) is 6.10 Å². The molecule has 20 heavy (non-hydrogen) atoms. The van der Waals surface area contributed by atoms with Crippen molar-refractivity contribution in [3.63, 3.8) is 0 Å². The first-order chi connectivity index (χ1) is 9.74. The number of carbonyl (C=O) groups is 1. The van der Waals surface area contributed by atoms with Crippen molar-refractivity contribution < 1.29 is 14.6 Å². The number of piperidine rings is 1. The minimum atomic E-state index is -0.941. The molecule has 0 amide bonds. The van der Waals surface area contributed by atoms with Crippen molar-refractivity contribution in [2.75, 3.05) is 13.1 Å². The summed E-state index contributed by atoms with van der Waals surface area (Å²) < 4.78 is 5.96. The molecule has 1 aromatic heterocycles. The van der Waals surface area contributed by atoms with E-state index < -0.39 is 5.97 Å². The number of carboxylic acids is 1. The topological polar surface area (TPSA) is 71.5 Å². The Hall–Kier alpha value is -2.14. The quantitative estimate of drug-likeness (QED) is 0.895. The van der Waals surface area contributed by atoms with Gasteiger partial charge in [0.05, 0.1) is 5.56 Å². The number of aromatic carboxylic acids is 1. The van der Waals surface area contributed by atoms with Crippen LogP contribution < -0.4 is 10.1 Å². The summed E-state index contributed by atoms with van der Waals surface area (Å²) >= 11 is 0. The minimum Gasteiger partial charge on any atom is -0.478 e. The second-order valence-corrected chi connectivity index (χ2v) is 4.92. The van der Waals surface area contributed by atoms with Crippen LogP contribution in [0.25, 0.3) is 10.8 Å². The van der Waals surface area contributed by atoms with Crippen molar-refractivity contribution in [1.82, 2.24) is 10.3 Å². The van der Waals surface area contributed by atoms with Gasteiger partial charge in [0.2, 0.25) is 5.88 Å². The van der Waals surface area contributed by atoms with Crippen LogP contribution in [-0.4, -0.2) is 35.3 Å². The van der Waals surface area contributed by atoms with Crippen LogP contribution in [0, 0.1) is 0 Å². The maximum Gasteiger partial charge on any atom is 0.335 e. The fraction of sp³-hybridized carbons (Fsp3) is 0.333. The van der Waals surface area contributed by atoms with Crippen molar-refractivity contribution in [2.24, 2.45) is 0 Å². The fourth-order valence-corrected chi connectivity index (χ4v) is 2.44. The lowest BCUT2D eigenvalue weighted by molar-refractivity contribution is 0.0697. The Labute approximate surface area is 116 Å². The Morgan fingerprint density at radius 2 is 2.10 bits per heavy atom. The van der Waals surface area contributed by atoms with E-state index in [1.54, 1.807) is 24.4 Å². The summed E-state index contributed by atoms with van der Waals surface area (Å²) in [7, 11) is 0. The SMILES string of the molecule is O=C(O)c1ccc2ccnc(OC3CCNCC3)c2c1. The second kappa shape index (κ2) is 5.46. The van der Waals surface area contributed by atoms with Crippen molar-refractivity contribution in [2.45, 2.75) is 18.9 Å². The summed E-state index contributed by atoms with van der Waals surface area (Å²) in [6.07, 6.45) is 3.72. The number of rotatable bonds is 3. The van der Waals surface area contributed by atoms with Gasteiger partial charge in [0.15, 0.2) is 0 Å². The maximum atomic E-state index is 11.1. The second-order valence-electron chi connectivity index (χ2n) is 4.92. The summed E-state index contributed by atoms with van der Waals surface area (Å²) in [6, 6.07) is 6.87. The summed E-state index contributed by atoms with van der Waals surface area (Å²) in [5.74, 6) is -0.416. The smallest absolute Gasteiger partial charge is 0.335 e. The zero-order valence-corrected chi connectivity index (χ0v) is 11.0. The lowest BCUT2D eigenvalue weighted by Gasteiger charge is -2.23. The highest BCUT2D eigenvalue weighted by Crippen LogP contribution is 2.26. The van der Waals surface area contributed by atoms with Crippen molar-refractivity contribution >= 4 is 16.7 Å². The molecule has 1 aliphatic heterocycles. The van der Waals surface area contributed by atoms with Gasteiger partial charge >= 0.3 is 5.97 Å².